The molecule has 0 spiro atoms. The Morgan fingerprint density at radius 3 is 2.19 bits per heavy atom. The van der Waals surface area contributed by atoms with E-state index in [0.717, 1.165) is 21.7 Å². The van der Waals surface area contributed by atoms with Crippen LogP contribution in [0.4, 0.5) is 0 Å². The van der Waals surface area contributed by atoms with E-state index in [2.05, 4.69) is 10.1 Å². The number of rotatable bonds is 4. The van der Waals surface area contributed by atoms with Crippen molar-refractivity contribution in [2.24, 2.45) is 0 Å². The van der Waals surface area contributed by atoms with Gasteiger partial charge in [-0.15, -0.1) is 0 Å². The zero-order valence-electron chi connectivity index (χ0n) is 11.2. The van der Waals surface area contributed by atoms with Gasteiger partial charge in [0.25, 0.3) is 0 Å². The van der Waals surface area contributed by atoms with E-state index in [9.17, 15) is 5.11 Å². The van der Waals surface area contributed by atoms with Crippen LogP contribution >= 0.6 is 11.6 Å². The molecule has 0 saturated heterocycles. The Balaban J connectivity index is 1.75. The average molecular weight is 300 g/mol. The SMILES string of the molecule is OC(Cn1cncn1)c1ccc(-c2ccc(Cl)cc2)cc1. The van der Waals surface area contributed by atoms with Crippen molar-refractivity contribution >= 4 is 11.6 Å². The van der Waals surface area contributed by atoms with Crippen molar-refractivity contribution in [3.05, 3.63) is 71.8 Å². The van der Waals surface area contributed by atoms with E-state index in [1.165, 1.54) is 6.33 Å². The van der Waals surface area contributed by atoms with Crippen LogP contribution in [-0.2, 0) is 6.54 Å². The van der Waals surface area contributed by atoms with E-state index >= 15 is 0 Å². The Labute approximate surface area is 127 Å². The van der Waals surface area contributed by atoms with E-state index in [1.54, 1.807) is 11.0 Å². The second kappa shape index (κ2) is 6.08. The lowest BCUT2D eigenvalue weighted by Crippen LogP contribution is -2.08. The minimum Gasteiger partial charge on any atom is -0.386 e. The quantitative estimate of drug-likeness (QED) is 0.804. The van der Waals surface area contributed by atoms with Crippen LogP contribution in [0.25, 0.3) is 11.1 Å². The molecule has 5 heteroatoms. The molecule has 1 N–H and O–H groups in total. The fourth-order valence-electron chi connectivity index (χ4n) is 2.15. The minimum atomic E-state index is -0.606. The van der Waals surface area contributed by atoms with Crippen molar-refractivity contribution < 1.29 is 5.11 Å². The largest absolute Gasteiger partial charge is 0.386 e. The highest BCUT2D eigenvalue weighted by Crippen LogP contribution is 2.24. The molecule has 0 radical (unpaired) electrons. The maximum Gasteiger partial charge on any atom is 0.137 e. The number of hydrogen-bond donors (Lipinski definition) is 1. The number of nitrogens with zero attached hydrogens (tertiary/aromatic N) is 3. The zero-order valence-corrected chi connectivity index (χ0v) is 12.0. The molecule has 0 aliphatic rings. The first-order chi connectivity index (χ1) is 10.2. The molecule has 0 aliphatic heterocycles. The number of benzene rings is 2. The van der Waals surface area contributed by atoms with Crippen LogP contribution in [0.5, 0.6) is 0 Å². The van der Waals surface area contributed by atoms with Gasteiger partial charge in [0.2, 0.25) is 0 Å². The highest BCUT2D eigenvalue weighted by molar-refractivity contribution is 6.30. The molecule has 1 atom stereocenters. The van der Waals surface area contributed by atoms with Crippen LogP contribution in [0.3, 0.4) is 0 Å². The summed E-state index contributed by atoms with van der Waals surface area (Å²) in [6, 6.07) is 15.5. The number of hydrogen-bond acceptors (Lipinski definition) is 3. The van der Waals surface area contributed by atoms with Crippen LogP contribution in [0.2, 0.25) is 5.02 Å². The summed E-state index contributed by atoms with van der Waals surface area (Å²) in [5.41, 5.74) is 3.03. The molecular formula is C16H14ClN3O. The first-order valence-corrected chi connectivity index (χ1v) is 6.96. The molecule has 106 valence electrons. The molecule has 21 heavy (non-hydrogen) atoms. The summed E-state index contributed by atoms with van der Waals surface area (Å²) in [5, 5.41) is 14.9. The van der Waals surface area contributed by atoms with Gasteiger partial charge in [0, 0.05) is 5.02 Å². The van der Waals surface area contributed by atoms with Crippen molar-refractivity contribution in [1.29, 1.82) is 0 Å². The third-order valence-corrected chi connectivity index (χ3v) is 3.55. The monoisotopic (exact) mass is 299 g/mol. The van der Waals surface area contributed by atoms with Gasteiger partial charge < -0.3 is 5.11 Å². The van der Waals surface area contributed by atoms with E-state index in [0.29, 0.717) is 6.54 Å². The summed E-state index contributed by atoms with van der Waals surface area (Å²) in [6.45, 7) is 0.389. The lowest BCUT2D eigenvalue weighted by molar-refractivity contribution is 0.151. The zero-order chi connectivity index (χ0) is 14.7. The van der Waals surface area contributed by atoms with Crippen molar-refractivity contribution in [2.45, 2.75) is 12.6 Å². The van der Waals surface area contributed by atoms with Gasteiger partial charge >= 0.3 is 0 Å². The van der Waals surface area contributed by atoms with Crippen molar-refractivity contribution in [2.75, 3.05) is 0 Å². The number of aliphatic hydroxyl groups is 1. The molecule has 4 nitrogen and oxygen atoms in total. The molecule has 0 saturated carbocycles. The van der Waals surface area contributed by atoms with Crippen molar-refractivity contribution in [1.82, 2.24) is 14.8 Å². The molecule has 1 heterocycles. The maximum absolute atomic E-state index is 10.2. The predicted molar refractivity (Wildman–Crippen MR) is 81.9 cm³/mol. The Hall–Kier alpha value is -2.17. The standard InChI is InChI=1S/C16H14ClN3O/c17-15-7-5-13(6-8-15)12-1-3-14(4-2-12)16(21)9-20-11-18-10-19-20/h1-8,10-11,16,21H,9H2. The molecule has 0 aliphatic carbocycles. The summed E-state index contributed by atoms with van der Waals surface area (Å²) in [6.07, 6.45) is 2.44. The topological polar surface area (TPSA) is 50.9 Å². The van der Waals surface area contributed by atoms with Crippen LogP contribution in [-0.4, -0.2) is 19.9 Å². The lowest BCUT2D eigenvalue weighted by atomic mass is 10.0. The van der Waals surface area contributed by atoms with E-state index in [1.807, 2.05) is 48.5 Å². The third-order valence-electron chi connectivity index (χ3n) is 3.30. The van der Waals surface area contributed by atoms with Gasteiger partial charge in [0.15, 0.2) is 0 Å². The Kier molecular flexibility index (Phi) is 3.99. The number of aromatic nitrogens is 3. The van der Waals surface area contributed by atoms with Gasteiger partial charge in [-0.3, -0.25) is 4.68 Å². The summed E-state index contributed by atoms with van der Waals surface area (Å²) >= 11 is 5.89. The van der Waals surface area contributed by atoms with Crippen LogP contribution in [0, 0.1) is 0 Å². The molecule has 3 rings (SSSR count). The molecule has 0 fully saturated rings. The van der Waals surface area contributed by atoms with E-state index in [-0.39, 0.29) is 0 Å². The molecule has 1 aromatic heterocycles. The summed E-state index contributed by atoms with van der Waals surface area (Å²) in [7, 11) is 0. The van der Waals surface area contributed by atoms with Gasteiger partial charge in [-0.05, 0) is 28.8 Å². The normalized spacial score (nSPS) is 12.3. The van der Waals surface area contributed by atoms with Gasteiger partial charge in [-0.1, -0.05) is 48.0 Å². The highest BCUT2D eigenvalue weighted by Gasteiger charge is 2.09. The summed E-state index contributed by atoms with van der Waals surface area (Å²) in [5.74, 6) is 0. The van der Waals surface area contributed by atoms with Crippen LogP contribution in [0.15, 0.2) is 61.2 Å². The molecule has 0 amide bonds. The molecule has 1 unspecified atom stereocenters. The fourth-order valence-corrected chi connectivity index (χ4v) is 2.28. The van der Waals surface area contributed by atoms with Crippen molar-refractivity contribution in [3.63, 3.8) is 0 Å². The Morgan fingerprint density at radius 2 is 1.62 bits per heavy atom. The van der Waals surface area contributed by atoms with Crippen LogP contribution < -0.4 is 0 Å². The molecule has 2 aromatic carbocycles. The molecule has 3 aromatic rings. The predicted octanol–water partition coefficient (Wildman–Crippen LogP) is 3.33. The van der Waals surface area contributed by atoms with Gasteiger partial charge in [-0.25, -0.2) is 4.98 Å². The maximum atomic E-state index is 10.2. The first-order valence-electron chi connectivity index (χ1n) is 6.59. The minimum absolute atomic E-state index is 0.389. The first kappa shape index (κ1) is 13.8. The second-order valence-corrected chi connectivity index (χ2v) is 5.20. The Morgan fingerprint density at radius 1 is 1.00 bits per heavy atom. The summed E-state index contributed by atoms with van der Waals surface area (Å²) < 4.78 is 1.61. The third kappa shape index (κ3) is 3.29. The number of aliphatic hydroxyl groups excluding tert-OH is 1. The van der Waals surface area contributed by atoms with Crippen molar-refractivity contribution in [3.8, 4) is 11.1 Å². The molecular weight excluding hydrogens is 286 g/mol. The van der Waals surface area contributed by atoms with E-state index in [4.69, 9.17) is 11.6 Å². The highest BCUT2D eigenvalue weighted by atomic mass is 35.5. The smallest absolute Gasteiger partial charge is 0.137 e. The van der Waals surface area contributed by atoms with Gasteiger partial charge in [0.1, 0.15) is 12.7 Å². The molecule has 0 bridgehead atoms. The summed E-state index contributed by atoms with van der Waals surface area (Å²) in [4.78, 5) is 3.86. The average Bonchev–Trinajstić information content (AvgIpc) is 3.01. The van der Waals surface area contributed by atoms with Gasteiger partial charge in [-0.2, -0.15) is 5.10 Å². The van der Waals surface area contributed by atoms with E-state index < -0.39 is 6.10 Å². The van der Waals surface area contributed by atoms with Gasteiger partial charge in [0.05, 0.1) is 12.6 Å². The lowest BCUT2D eigenvalue weighted by Gasteiger charge is -2.11. The Bertz CT molecular complexity index is 693. The second-order valence-electron chi connectivity index (χ2n) is 4.76. The number of halogens is 1. The fraction of sp³-hybridized carbons (Fsp3) is 0.125. The van der Waals surface area contributed by atoms with Crippen LogP contribution in [0.1, 0.15) is 11.7 Å².